The van der Waals surface area contributed by atoms with Crippen molar-refractivity contribution < 1.29 is 19.4 Å². The Morgan fingerprint density at radius 1 is 1.58 bits per heavy atom. The number of ether oxygens (including phenoxy) is 1. The number of rotatable bonds is 4. The van der Waals surface area contributed by atoms with E-state index in [1.807, 2.05) is 6.92 Å². The van der Waals surface area contributed by atoms with Gasteiger partial charge in [0.25, 0.3) is 0 Å². The number of aliphatic carboxylic acids is 1. The molecule has 2 heterocycles. The van der Waals surface area contributed by atoms with Crippen molar-refractivity contribution in [1.82, 2.24) is 0 Å². The molecule has 2 aliphatic heterocycles. The number of amides is 1. The summed E-state index contributed by atoms with van der Waals surface area (Å²) in [7, 11) is 0. The van der Waals surface area contributed by atoms with Crippen molar-refractivity contribution >= 4 is 18.1 Å². The Morgan fingerprint density at radius 3 is 2.68 bits per heavy atom. The smallest absolute Gasteiger partial charge is 0.332 e. The van der Waals surface area contributed by atoms with Gasteiger partial charge in [-0.05, 0) is 12.8 Å². The van der Waals surface area contributed by atoms with Crippen LogP contribution < -0.4 is 5.73 Å². The maximum absolute atomic E-state index is 11.9. The lowest BCUT2D eigenvalue weighted by atomic mass is 9.60. The van der Waals surface area contributed by atoms with Crippen molar-refractivity contribution in [3.05, 3.63) is 12.2 Å². The van der Waals surface area contributed by atoms with Crippen molar-refractivity contribution in [2.45, 2.75) is 25.8 Å². The van der Waals surface area contributed by atoms with E-state index in [4.69, 9.17) is 15.6 Å². The van der Waals surface area contributed by atoms with E-state index in [0.717, 1.165) is 0 Å². The van der Waals surface area contributed by atoms with E-state index in [9.17, 15) is 9.59 Å². The number of aliphatic imine (C=N–C) groups is 1. The van der Waals surface area contributed by atoms with Crippen LogP contribution in [0.4, 0.5) is 0 Å². The van der Waals surface area contributed by atoms with Crippen LogP contribution in [0.3, 0.4) is 0 Å². The van der Waals surface area contributed by atoms with Crippen molar-refractivity contribution in [3.63, 3.8) is 0 Å². The van der Waals surface area contributed by atoms with E-state index in [1.165, 1.54) is 6.08 Å². The predicted octanol–water partition coefficient (Wildman–Crippen LogP) is 0.369. The van der Waals surface area contributed by atoms with Crippen LogP contribution in [-0.4, -0.2) is 42.5 Å². The van der Waals surface area contributed by atoms with E-state index in [0.29, 0.717) is 19.4 Å². The Kier molecular flexibility index (Phi) is 3.45. The summed E-state index contributed by atoms with van der Waals surface area (Å²) in [5, 5.41) is 8.94. The number of carboxylic acid groups (broad SMARTS) is 1. The Hall–Kier alpha value is -1.69. The van der Waals surface area contributed by atoms with E-state index in [2.05, 4.69) is 4.99 Å². The third-order valence-corrected chi connectivity index (χ3v) is 4.26. The number of carbonyl (C=O) groups is 2. The van der Waals surface area contributed by atoms with Gasteiger partial charge in [-0.25, -0.2) is 4.79 Å². The minimum atomic E-state index is -1.01. The second kappa shape index (κ2) is 4.77. The maximum Gasteiger partial charge on any atom is 0.332 e. The second-order valence-corrected chi connectivity index (χ2v) is 5.06. The van der Waals surface area contributed by atoms with Gasteiger partial charge in [-0.1, -0.05) is 19.1 Å². The molecule has 3 atom stereocenters. The largest absolute Gasteiger partial charge is 0.479 e. The summed E-state index contributed by atoms with van der Waals surface area (Å²) in [6.07, 6.45) is 6.01. The van der Waals surface area contributed by atoms with Gasteiger partial charge in [0.1, 0.15) is 0 Å². The van der Waals surface area contributed by atoms with Crippen LogP contribution in [0.1, 0.15) is 19.8 Å². The SMILES string of the molecule is CCC1(C2(C(N)=O)CCOC2)C=CC(C(=O)O)N=C1. The average molecular weight is 266 g/mol. The zero-order valence-corrected chi connectivity index (χ0v) is 10.8. The number of carboxylic acids is 1. The summed E-state index contributed by atoms with van der Waals surface area (Å²) in [6.45, 7) is 2.67. The van der Waals surface area contributed by atoms with Gasteiger partial charge in [0.05, 0.1) is 12.0 Å². The molecule has 19 heavy (non-hydrogen) atoms. The van der Waals surface area contributed by atoms with E-state index in [-0.39, 0.29) is 6.61 Å². The van der Waals surface area contributed by atoms with Gasteiger partial charge in [0.2, 0.25) is 5.91 Å². The third kappa shape index (κ3) is 1.96. The highest BCUT2D eigenvalue weighted by atomic mass is 16.5. The van der Waals surface area contributed by atoms with Gasteiger partial charge >= 0.3 is 5.97 Å². The molecule has 2 aliphatic rings. The van der Waals surface area contributed by atoms with Gasteiger partial charge in [0.15, 0.2) is 6.04 Å². The Balaban J connectivity index is 2.39. The summed E-state index contributed by atoms with van der Waals surface area (Å²) in [5.41, 5.74) is 4.11. The average Bonchev–Trinajstić information content (AvgIpc) is 2.89. The zero-order chi connectivity index (χ0) is 14.1. The van der Waals surface area contributed by atoms with Crippen LogP contribution in [0, 0.1) is 10.8 Å². The topological polar surface area (TPSA) is 102 Å². The highest BCUT2D eigenvalue weighted by Crippen LogP contribution is 2.49. The van der Waals surface area contributed by atoms with Crippen LogP contribution in [0.25, 0.3) is 0 Å². The normalized spacial score (nSPS) is 37.4. The number of nitrogens with two attached hydrogens (primary N) is 1. The fourth-order valence-corrected chi connectivity index (χ4v) is 2.90. The first-order valence-corrected chi connectivity index (χ1v) is 6.31. The number of hydrogen-bond acceptors (Lipinski definition) is 4. The number of hydrogen-bond donors (Lipinski definition) is 2. The summed E-state index contributed by atoms with van der Waals surface area (Å²) in [4.78, 5) is 26.9. The van der Waals surface area contributed by atoms with Crippen LogP contribution in [-0.2, 0) is 14.3 Å². The van der Waals surface area contributed by atoms with Crippen LogP contribution in [0.5, 0.6) is 0 Å². The molecule has 3 unspecified atom stereocenters. The molecule has 6 heteroatoms. The third-order valence-electron chi connectivity index (χ3n) is 4.26. The van der Waals surface area contributed by atoms with Crippen LogP contribution in [0.2, 0.25) is 0 Å². The minimum absolute atomic E-state index is 0.254. The Morgan fingerprint density at radius 2 is 2.32 bits per heavy atom. The number of dihydropyridines is 1. The maximum atomic E-state index is 11.9. The first-order valence-electron chi connectivity index (χ1n) is 6.31. The van der Waals surface area contributed by atoms with Crippen molar-refractivity contribution in [3.8, 4) is 0 Å². The number of nitrogens with zero attached hydrogens (tertiary/aromatic N) is 1. The van der Waals surface area contributed by atoms with E-state index >= 15 is 0 Å². The van der Waals surface area contributed by atoms with E-state index < -0.39 is 28.7 Å². The van der Waals surface area contributed by atoms with Crippen LogP contribution in [0.15, 0.2) is 17.1 Å². The zero-order valence-electron chi connectivity index (χ0n) is 10.8. The van der Waals surface area contributed by atoms with Crippen molar-refractivity contribution in [2.75, 3.05) is 13.2 Å². The lowest BCUT2D eigenvalue weighted by Gasteiger charge is -2.42. The standard InChI is InChI=1S/C13H18N2O4/c1-2-12(4-3-9(10(16)17)15-7-12)13(11(14)18)5-6-19-8-13/h3-4,7,9H,2,5-6,8H2,1H3,(H2,14,18)(H,16,17). The number of carbonyl (C=O) groups excluding carboxylic acids is 1. The van der Waals surface area contributed by atoms with Gasteiger partial charge in [-0.3, -0.25) is 9.79 Å². The lowest BCUT2D eigenvalue weighted by Crippen LogP contribution is -2.52. The number of primary amides is 1. The summed E-state index contributed by atoms with van der Waals surface area (Å²) in [6, 6.07) is -0.882. The molecular formula is C13H18N2O4. The fraction of sp³-hybridized carbons (Fsp3) is 0.615. The Bertz CT molecular complexity index is 436. The van der Waals surface area contributed by atoms with Gasteiger partial charge in [-0.15, -0.1) is 0 Å². The molecule has 0 saturated carbocycles. The molecule has 0 bridgehead atoms. The van der Waals surface area contributed by atoms with E-state index in [1.54, 1.807) is 12.3 Å². The lowest BCUT2D eigenvalue weighted by molar-refractivity contribution is -0.137. The van der Waals surface area contributed by atoms with Gasteiger partial charge in [-0.2, -0.15) is 0 Å². The molecule has 0 aromatic rings. The summed E-state index contributed by atoms with van der Waals surface area (Å²) < 4.78 is 5.36. The molecule has 0 aromatic carbocycles. The highest BCUT2D eigenvalue weighted by molar-refractivity contribution is 5.91. The molecule has 0 spiro atoms. The Labute approximate surface area is 111 Å². The molecule has 3 N–H and O–H groups in total. The first kappa shape index (κ1) is 13.7. The monoisotopic (exact) mass is 266 g/mol. The molecule has 1 fully saturated rings. The molecule has 2 rings (SSSR count). The molecule has 0 aromatic heterocycles. The fourth-order valence-electron chi connectivity index (χ4n) is 2.90. The number of allylic oxidation sites excluding steroid dienone is 1. The minimum Gasteiger partial charge on any atom is -0.479 e. The molecule has 0 radical (unpaired) electrons. The molecule has 1 saturated heterocycles. The summed E-state index contributed by atoms with van der Waals surface area (Å²) >= 11 is 0. The predicted molar refractivity (Wildman–Crippen MR) is 68.8 cm³/mol. The second-order valence-electron chi connectivity index (χ2n) is 5.06. The van der Waals surface area contributed by atoms with Crippen molar-refractivity contribution in [2.24, 2.45) is 21.6 Å². The van der Waals surface area contributed by atoms with Gasteiger partial charge < -0.3 is 15.6 Å². The van der Waals surface area contributed by atoms with Crippen molar-refractivity contribution in [1.29, 1.82) is 0 Å². The molecule has 6 nitrogen and oxygen atoms in total. The summed E-state index contributed by atoms with van der Waals surface area (Å²) in [5.74, 6) is -1.43. The molecule has 1 amide bonds. The molecule has 0 aliphatic carbocycles. The quantitative estimate of drug-likeness (QED) is 0.717. The molecular weight excluding hydrogens is 248 g/mol. The highest BCUT2D eigenvalue weighted by Gasteiger charge is 2.55. The molecule has 104 valence electrons. The van der Waals surface area contributed by atoms with Crippen LogP contribution >= 0.6 is 0 Å². The first-order chi connectivity index (χ1) is 8.97. The van der Waals surface area contributed by atoms with Gasteiger partial charge in [0, 0.05) is 18.2 Å².